The Hall–Kier alpha value is -1.72. The van der Waals surface area contributed by atoms with Crippen LogP contribution in [0, 0.1) is 11.6 Å². The minimum Gasteiger partial charge on any atom is -0.490 e. The summed E-state index contributed by atoms with van der Waals surface area (Å²) >= 11 is 3.32. The van der Waals surface area contributed by atoms with E-state index in [1.807, 2.05) is 12.1 Å². The van der Waals surface area contributed by atoms with Crippen LogP contribution in [0.5, 0.6) is 5.75 Å². The van der Waals surface area contributed by atoms with Crippen LogP contribution in [0.3, 0.4) is 0 Å². The first-order valence-corrected chi connectivity index (χ1v) is 16.1. The summed E-state index contributed by atoms with van der Waals surface area (Å²) in [6, 6.07) is 10.7. The van der Waals surface area contributed by atoms with E-state index in [1.165, 1.54) is 110 Å². The maximum absolute atomic E-state index is 14.9. The number of hydrogen-bond donors (Lipinski definition) is 0. The standard InChI is InChI=1S/C32H44F2OS2/c1-3-5-7-9-10-11-12-13-14-16-22-35-29-24-27(33)26(23-28(29)34)30-20-21-32(37-30)31-19-18-25(36-31)17-15-8-6-4-2/h18-21,23-24H,3-17,22H2,1-2H3. The normalized spacial score (nSPS) is 11.4. The first-order chi connectivity index (χ1) is 18.1. The Morgan fingerprint density at radius 2 is 1.16 bits per heavy atom. The summed E-state index contributed by atoms with van der Waals surface area (Å²) in [5.41, 5.74) is 0.302. The van der Waals surface area contributed by atoms with Crippen molar-refractivity contribution >= 4 is 22.7 Å². The molecular formula is C32H44F2OS2. The highest BCUT2D eigenvalue weighted by molar-refractivity contribution is 7.23. The lowest BCUT2D eigenvalue weighted by molar-refractivity contribution is 0.288. The summed E-state index contributed by atoms with van der Waals surface area (Å²) < 4.78 is 35.3. The molecule has 0 aliphatic rings. The van der Waals surface area contributed by atoms with Crippen LogP contribution in [0.15, 0.2) is 36.4 Å². The summed E-state index contributed by atoms with van der Waals surface area (Å²) in [6.45, 7) is 4.90. The summed E-state index contributed by atoms with van der Waals surface area (Å²) in [5, 5.41) is 0. The first kappa shape index (κ1) is 29.8. The maximum Gasteiger partial charge on any atom is 0.165 e. The zero-order valence-electron chi connectivity index (χ0n) is 22.8. The predicted octanol–water partition coefficient (Wildman–Crippen LogP) is 11.8. The predicted molar refractivity (Wildman–Crippen MR) is 158 cm³/mol. The number of unbranched alkanes of at least 4 members (excludes halogenated alkanes) is 12. The van der Waals surface area contributed by atoms with Gasteiger partial charge < -0.3 is 4.74 Å². The Morgan fingerprint density at radius 1 is 0.595 bits per heavy atom. The van der Waals surface area contributed by atoms with E-state index in [4.69, 9.17) is 4.74 Å². The van der Waals surface area contributed by atoms with Crippen molar-refractivity contribution in [2.45, 2.75) is 110 Å². The summed E-state index contributed by atoms with van der Waals surface area (Å²) in [5.74, 6) is -0.917. The molecule has 3 aromatic rings. The van der Waals surface area contributed by atoms with Crippen LogP contribution in [0.2, 0.25) is 0 Å². The van der Waals surface area contributed by atoms with Crippen LogP contribution >= 0.6 is 22.7 Å². The molecule has 0 bridgehead atoms. The lowest BCUT2D eigenvalue weighted by atomic mass is 10.1. The monoisotopic (exact) mass is 546 g/mol. The first-order valence-electron chi connectivity index (χ1n) is 14.4. The van der Waals surface area contributed by atoms with E-state index in [0.29, 0.717) is 12.2 Å². The Balaban J connectivity index is 1.44. The molecule has 0 aliphatic heterocycles. The van der Waals surface area contributed by atoms with Crippen molar-refractivity contribution in [3.05, 3.63) is 52.9 Å². The molecule has 1 nitrogen and oxygen atoms in total. The van der Waals surface area contributed by atoms with Gasteiger partial charge in [-0.15, -0.1) is 22.7 Å². The lowest BCUT2D eigenvalue weighted by Gasteiger charge is -2.09. The van der Waals surface area contributed by atoms with Gasteiger partial charge in [-0.2, -0.15) is 0 Å². The van der Waals surface area contributed by atoms with Gasteiger partial charge >= 0.3 is 0 Å². The molecule has 0 fully saturated rings. The Morgan fingerprint density at radius 3 is 1.86 bits per heavy atom. The van der Waals surface area contributed by atoms with Crippen LogP contribution in [0.1, 0.15) is 109 Å². The molecule has 37 heavy (non-hydrogen) atoms. The largest absolute Gasteiger partial charge is 0.490 e. The molecule has 1 aromatic carbocycles. The van der Waals surface area contributed by atoms with E-state index < -0.39 is 11.6 Å². The van der Waals surface area contributed by atoms with Crippen molar-refractivity contribution < 1.29 is 13.5 Å². The molecule has 2 heterocycles. The zero-order valence-corrected chi connectivity index (χ0v) is 24.4. The lowest BCUT2D eigenvalue weighted by Crippen LogP contribution is -2.00. The van der Waals surface area contributed by atoms with Crippen molar-refractivity contribution in [2.75, 3.05) is 6.61 Å². The van der Waals surface area contributed by atoms with Crippen LogP contribution in [-0.4, -0.2) is 6.61 Å². The van der Waals surface area contributed by atoms with Gasteiger partial charge in [-0.05, 0) is 49.6 Å². The molecule has 0 atom stereocenters. The minimum atomic E-state index is -0.496. The topological polar surface area (TPSA) is 9.23 Å². The van der Waals surface area contributed by atoms with Crippen molar-refractivity contribution in [3.63, 3.8) is 0 Å². The minimum absolute atomic E-state index is 0.0138. The third-order valence-corrected chi connectivity index (χ3v) is 9.29. The highest BCUT2D eigenvalue weighted by atomic mass is 32.1. The van der Waals surface area contributed by atoms with Gasteiger partial charge in [0.1, 0.15) is 5.82 Å². The molecule has 0 radical (unpaired) electrons. The molecule has 5 heteroatoms. The molecule has 0 N–H and O–H groups in total. The number of benzene rings is 1. The summed E-state index contributed by atoms with van der Waals surface area (Å²) in [6.07, 6.45) is 18.5. The SMILES string of the molecule is CCCCCCCCCCCCOc1cc(F)c(-c2ccc(-c3ccc(CCCCCC)s3)s2)cc1F. The van der Waals surface area contributed by atoms with Gasteiger partial charge in [-0.1, -0.05) is 90.9 Å². The average molecular weight is 547 g/mol. The van der Waals surface area contributed by atoms with Gasteiger partial charge in [0.25, 0.3) is 0 Å². The second-order valence-corrected chi connectivity index (χ2v) is 12.3. The van der Waals surface area contributed by atoms with E-state index in [0.717, 1.165) is 29.0 Å². The Labute approximate surface area is 231 Å². The maximum atomic E-state index is 14.9. The molecule has 0 spiro atoms. The van der Waals surface area contributed by atoms with Gasteiger partial charge in [-0.25, -0.2) is 8.78 Å². The number of rotatable bonds is 19. The zero-order chi connectivity index (χ0) is 26.3. The highest BCUT2D eigenvalue weighted by Gasteiger charge is 2.15. The van der Waals surface area contributed by atoms with Gasteiger partial charge in [0.2, 0.25) is 0 Å². The molecule has 0 unspecified atom stereocenters. The Kier molecular flexibility index (Phi) is 13.7. The molecule has 0 amide bonds. The summed E-state index contributed by atoms with van der Waals surface area (Å²) in [7, 11) is 0. The molecular weight excluding hydrogens is 502 g/mol. The quantitative estimate of drug-likeness (QED) is 0.136. The van der Waals surface area contributed by atoms with Crippen LogP contribution in [0.4, 0.5) is 8.78 Å². The van der Waals surface area contributed by atoms with Crippen molar-refractivity contribution in [1.82, 2.24) is 0 Å². The number of thiophene rings is 2. The summed E-state index contributed by atoms with van der Waals surface area (Å²) in [4.78, 5) is 4.42. The van der Waals surface area contributed by atoms with Crippen LogP contribution in [-0.2, 0) is 6.42 Å². The van der Waals surface area contributed by atoms with Gasteiger partial charge in [0.05, 0.1) is 6.61 Å². The Bertz CT molecular complexity index is 1040. The third kappa shape index (κ3) is 10.2. The van der Waals surface area contributed by atoms with Gasteiger partial charge in [0, 0.05) is 31.1 Å². The molecule has 2 aromatic heterocycles. The molecule has 0 saturated heterocycles. The number of halogens is 2. The second kappa shape index (κ2) is 17.0. The van der Waals surface area contributed by atoms with Crippen molar-refractivity contribution in [3.8, 4) is 25.9 Å². The molecule has 204 valence electrons. The average Bonchev–Trinajstić information content (AvgIpc) is 3.57. The van der Waals surface area contributed by atoms with Crippen molar-refractivity contribution in [2.24, 2.45) is 0 Å². The van der Waals surface area contributed by atoms with E-state index in [9.17, 15) is 8.78 Å². The fourth-order valence-corrected chi connectivity index (χ4v) is 6.75. The van der Waals surface area contributed by atoms with Crippen LogP contribution < -0.4 is 4.74 Å². The van der Waals surface area contributed by atoms with E-state index in [-0.39, 0.29) is 5.75 Å². The van der Waals surface area contributed by atoms with E-state index in [2.05, 4.69) is 26.0 Å². The number of ether oxygens (including phenoxy) is 1. The molecule has 3 rings (SSSR count). The second-order valence-electron chi connectivity index (χ2n) is 10.0. The van der Waals surface area contributed by atoms with E-state index in [1.54, 1.807) is 11.3 Å². The van der Waals surface area contributed by atoms with Gasteiger partial charge in [-0.3, -0.25) is 0 Å². The van der Waals surface area contributed by atoms with Crippen molar-refractivity contribution in [1.29, 1.82) is 0 Å². The fourth-order valence-electron chi connectivity index (χ4n) is 4.59. The smallest absolute Gasteiger partial charge is 0.165 e. The van der Waals surface area contributed by atoms with Crippen LogP contribution in [0.25, 0.3) is 20.2 Å². The fraction of sp³-hybridized carbons (Fsp3) is 0.562. The number of hydrogen-bond acceptors (Lipinski definition) is 3. The van der Waals surface area contributed by atoms with E-state index >= 15 is 0 Å². The molecule has 0 saturated carbocycles. The molecule has 0 aliphatic carbocycles. The highest BCUT2D eigenvalue weighted by Crippen LogP contribution is 2.40. The number of aryl methyl sites for hydroxylation is 1. The van der Waals surface area contributed by atoms with Gasteiger partial charge in [0.15, 0.2) is 11.6 Å². The third-order valence-electron chi connectivity index (χ3n) is 6.83.